The van der Waals surface area contributed by atoms with Crippen LogP contribution in [0.15, 0.2) is 0 Å². The predicted octanol–water partition coefficient (Wildman–Crippen LogP) is 3.50. The highest BCUT2D eigenvalue weighted by molar-refractivity contribution is 6.43. The first-order valence-electron chi connectivity index (χ1n) is 1.01. The van der Waals surface area contributed by atoms with Crippen LogP contribution in [0.25, 0.3) is 0 Å². The molecule has 0 fully saturated rings. The summed E-state index contributed by atoms with van der Waals surface area (Å²) in [6.45, 7) is 1.70. The average Bonchev–Trinajstić information content (AvgIpc) is 0.811. The van der Waals surface area contributed by atoms with Crippen molar-refractivity contribution in [2.75, 3.05) is 0 Å². The van der Waals surface area contributed by atoms with Crippen molar-refractivity contribution in [2.45, 2.75) is 11.8 Å². The van der Waals surface area contributed by atoms with Crippen molar-refractivity contribution >= 4 is 72.8 Å². The van der Waals surface area contributed by atoms with Crippen LogP contribution in [0.5, 0.6) is 0 Å². The van der Waals surface area contributed by atoms with E-state index in [0.717, 1.165) is 0 Å². The first kappa shape index (κ1) is 33.1. The maximum atomic E-state index is 5.04. The summed E-state index contributed by atoms with van der Waals surface area (Å²) in [4.78, 5) is -0.222. The van der Waals surface area contributed by atoms with Crippen molar-refractivity contribution in [1.82, 2.24) is 0 Å². The van der Waals surface area contributed by atoms with Crippen LogP contribution in [0.3, 0.4) is 0 Å². The number of rotatable bonds is 0. The lowest BCUT2D eigenvalue weighted by atomic mass is 11.0. The molecule has 0 nitrogen and oxygen atoms in total. The Hall–Kier alpha value is 1.74. The van der Waals surface area contributed by atoms with Gasteiger partial charge >= 0.3 is 0 Å². The molecule has 0 aliphatic heterocycles. The normalized spacial score (nSPS) is 4.50. The Balaban J connectivity index is -0.00000000750. The number of hydrogen-bond donors (Lipinski definition) is 0. The fraction of sp³-hybridized carbons (Fsp3) is 1.00. The summed E-state index contributed by atoms with van der Waals surface area (Å²) < 4.78 is 0. The summed E-state index contributed by atoms with van der Waals surface area (Å²) in [5.74, 6) is 0. The molecule has 0 spiro atoms. The Morgan fingerprint density at radius 2 is 0.875 bits per heavy atom. The van der Waals surface area contributed by atoms with E-state index < -0.39 is 0 Å². The third-order valence-corrected chi connectivity index (χ3v) is 0. The molecule has 0 unspecified atom stereocenters. The Morgan fingerprint density at radius 1 is 0.875 bits per heavy atom. The minimum Gasteiger partial charge on any atom is -0.147 e. The van der Waals surface area contributed by atoms with Crippen molar-refractivity contribution in [2.24, 2.45) is 0 Å². The van der Waals surface area contributed by atoms with Crippen LogP contribution in [-0.2, 0) is 0 Å². The molecule has 0 heterocycles. The van der Waals surface area contributed by atoms with E-state index in [-0.39, 0.29) is 54.5 Å². The van der Waals surface area contributed by atoms with Gasteiger partial charge in [0.25, 0.3) is 0 Å². The van der Waals surface area contributed by atoms with E-state index in [2.05, 4.69) is 0 Å². The highest BCUT2D eigenvalue weighted by atomic mass is 35.5. The molecular weight excluding hydrogens is 237 g/mol. The Morgan fingerprint density at radius 3 is 0.875 bits per heavy atom. The van der Waals surface area contributed by atoms with Crippen LogP contribution < -0.4 is 0 Å². The molecule has 0 saturated carbocycles. The van der Waals surface area contributed by atoms with E-state index in [0.29, 0.717) is 0 Å². The van der Waals surface area contributed by atoms with E-state index >= 15 is 0 Å². The molecule has 0 N–H and O–H groups in total. The van der Waals surface area contributed by atoms with Crippen molar-refractivity contribution in [3.63, 3.8) is 0 Å². The monoisotopic (exact) mass is 242 g/mol. The van der Waals surface area contributed by atoms with Gasteiger partial charge in [0.05, 0.1) is 0 Å². The highest BCUT2D eigenvalue weighted by Gasteiger charge is 1.75. The average molecular weight is 245 g/mol. The lowest BCUT2D eigenvalue weighted by molar-refractivity contribution is 1.39. The molecule has 6 heteroatoms. The Bertz CT molecular complexity index is 11.2. The molecule has 0 aromatic heterocycles. The summed E-state index contributed by atoms with van der Waals surface area (Å²) in [5, 5.41) is 0. The van der Waals surface area contributed by atoms with Crippen LogP contribution in [0.2, 0.25) is 0 Å². The molecule has 0 aromatic rings. The van der Waals surface area contributed by atoms with Gasteiger partial charge in [-0.2, -0.15) is 0 Å². The van der Waals surface area contributed by atoms with E-state index in [1.54, 1.807) is 6.92 Å². The smallest absolute Gasteiger partial charge is 0.105 e. The molecule has 0 atom stereocenters. The van der Waals surface area contributed by atoms with Gasteiger partial charge in [0.15, 0.2) is 0 Å². The van der Waals surface area contributed by atoms with Crippen LogP contribution in [0.1, 0.15) is 6.92 Å². The fourth-order valence-electron chi connectivity index (χ4n) is 0. The largest absolute Gasteiger partial charge is 0.147 e. The first-order valence-corrected chi connectivity index (χ1v) is 1.89. The van der Waals surface area contributed by atoms with Crippen LogP contribution >= 0.6 is 72.8 Å². The third-order valence-electron chi connectivity index (χ3n) is 0. The van der Waals surface area contributed by atoms with Gasteiger partial charge in [0.2, 0.25) is 0 Å². The van der Waals surface area contributed by atoms with E-state index in [1.807, 2.05) is 0 Å². The molecule has 0 bridgehead atoms. The zero-order valence-electron chi connectivity index (χ0n) is 3.97. The second kappa shape index (κ2) is 23.3. The van der Waals surface area contributed by atoms with E-state index in [9.17, 15) is 0 Å². The molecule has 0 aromatic carbocycles. The van der Waals surface area contributed by atoms with Gasteiger partial charge in [-0.05, 0) is 6.92 Å². The van der Waals surface area contributed by atoms with E-state index in [4.69, 9.17) is 23.2 Å². The molecule has 0 saturated heterocycles. The first-order chi connectivity index (χ1) is 1.73. The lowest BCUT2D eigenvalue weighted by Gasteiger charge is -1.72. The van der Waals surface area contributed by atoms with Gasteiger partial charge in [-0.25, -0.2) is 0 Å². The van der Waals surface area contributed by atoms with Gasteiger partial charge in [-0.1, -0.05) is 0 Å². The molecule has 0 aliphatic rings. The fourth-order valence-corrected chi connectivity index (χ4v) is 0. The predicted molar refractivity (Wildman–Crippen MR) is 50.2 cm³/mol. The van der Waals surface area contributed by atoms with Crippen LogP contribution in [0.4, 0.5) is 0 Å². The van der Waals surface area contributed by atoms with Crippen molar-refractivity contribution in [3.8, 4) is 0 Å². The number of halogens is 6. The quantitative estimate of drug-likeness (QED) is 0.573. The topological polar surface area (TPSA) is 0 Å². The summed E-state index contributed by atoms with van der Waals surface area (Å²) in [5.41, 5.74) is 0. The van der Waals surface area contributed by atoms with E-state index in [1.165, 1.54) is 0 Å². The molecule has 58 valence electrons. The standard InChI is InChI=1S/C2H4Cl2.4ClH/c1-2(3)4;;;;/h2H,1H3;4*1H. The summed E-state index contributed by atoms with van der Waals surface area (Å²) in [7, 11) is 0. The summed E-state index contributed by atoms with van der Waals surface area (Å²) >= 11 is 10.1. The second-order valence-corrected chi connectivity index (χ2v) is 2.05. The van der Waals surface area contributed by atoms with Gasteiger partial charge in [-0.15, -0.1) is 72.8 Å². The maximum Gasteiger partial charge on any atom is 0.105 e. The van der Waals surface area contributed by atoms with Crippen molar-refractivity contribution < 1.29 is 0 Å². The van der Waals surface area contributed by atoms with Gasteiger partial charge in [0.1, 0.15) is 4.84 Å². The summed E-state index contributed by atoms with van der Waals surface area (Å²) in [6, 6.07) is 0. The van der Waals surface area contributed by atoms with Gasteiger partial charge in [0, 0.05) is 0 Å². The minimum absolute atomic E-state index is 0. The van der Waals surface area contributed by atoms with Crippen LogP contribution in [0, 0.1) is 0 Å². The zero-order chi connectivity index (χ0) is 3.58. The van der Waals surface area contributed by atoms with Gasteiger partial charge < -0.3 is 0 Å². The minimum atomic E-state index is -0.222. The molecule has 0 rings (SSSR count). The number of alkyl halides is 2. The molecule has 0 amide bonds. The molecule has 0 aliphatic carbocycles. The Labute approximate surface area is 84.3 Å². The van der Waals surface area contributed by atoms with Crippen molar-refractivity contribution in [1.29, 1.82) is 0 Å². The van der Waals surface area contributed by atoms with Gasteiger partial charge in [-0.3, -0.25) is 0 Å². The van der Waals surface area contributed by atoms with Crippen LogP contribution in [-0.4, -0.2) is 4.84 Å². The number of hydrogen-bond acceptors (Lipinski definition) is 0. The zero-order valence-corrected chi connectivity index (χ0v) is 8.74. The molecule has 0 radical (unpaired) electrons. The highest BCUT2D eigenvalue weighted by Crippen LogP contribution is 1.95. The second-order valence-electron chi connectivity index (χ2n) is 0.519. The SMILES string of the molecule is CC(Cl)Cl.Cl.Cl.Cl.Cl. The van der Waals surface area contributed by atoms with Crippen molar-refractivity contribution in [3.05, 3.63) is 0 Å². The lowest BCUT2D eigenvalue weighted by Crippen LogP contribution is -1.63. The molecule has 8 heavy (non-hydrogen) atoms. The molecular formula is C2H8Cl6. The third kappa shape index (κ3) is 116. The maximum absolute atomic E-state index is 5.04. The Kier molecular flexibility index (Phi) is 96.5. The summed E-state index contributed by atoms with van der Waals surface area (Å²) in [6.07, 6.45) is 0.